The van der Waals surface area contributed by atoms with Gasteiger partial charge in [-0.3, -0.25) is 0 Å². The molecule has 0 aromatic carbocycles. The Morgan fingerprint density at radius 3 is 0.649 bits per heavy atom. The summed E-state index contributed by atoms with van der Waals surface area (Å²) in [6.45, 7) is 0. The van der Waals surface area contributed by atoms with Gasteiger partial charge in [0.25, 0.3) is 0 Å². The Balaban J connectivity index is 7.38. The Kier molecular flexibility index (Phi) is 7.98. The molecule has 0 saturated heterocycles. The molecule has 0 unspecified atom stereocenters. The van der Waals surface area contributed by atoms with E-state index in [0.29, 0.717) is 0 Å². The van der Waals surface area contributed by atoms with E-state index in [1.165, 1.54) is 0 Å². The molecule has 25 heteroatoms. The third-order valence-electron chi connectivity index (χ3n) is 4.27. The summed E-state index contributed by atoms with van der Waals surface area (Å²) in [6.07, 6.45) is -23.4. The smallest absolute Gasteiger partial charge is 0.216 e. The topological polar surface area (TPSA) is 0 Å². The van der Waals surface area contributed by atoms with E-state index in [-0.39, 0.29) is 0 Å². The third kappa shape index (κ3) is 4.01. The Morgan fingerprint density at radius 1 is 0.270 bits per heavy atom. The molecule has 0 aromatic heterocycles. The Bertz CT molecular complexity index is 808. The van der Waals surface area contributed by atoms with Gasteiger partial charge in [0.15, 0.2) is 0 Å². The van der Waals surface area contributed by atoms with Gasteiger partial charge in [-0.1, -0.05) is 0 Å². The molecule has 37 heavy (non-hydrogen) atoms. The van der Waals surface area contributed by atoms with Crippen LogP contribution in [0.5, 0.6) is 0 Å². The van der Waals surface area contributed by atoms with E-state index in [1.54, 1.807) is 0 Å². The first kappa shape index (κ1) is 35.2. The van der Waals surface area contributed by atoms with Crippen molar-refractivity contribution in [3.8, 4) is 0 Å². The van der Waals surface area contributed by atoms with Gasteiger partial charge in [-0.05, 0) is 0 Å². The molecule has 0 aliphatic heterocycles. The molecule has 0 aliphatic carbocycles. The van der Waals surface area contributed by atoms with E-state index >= 15 is 0 Å². The van der Waals surface area contributed by atoms with Crippen molar-refractivity contribution in [3.63, 3.8) is 0 Å². The van der Waals surface area contributed by atoms with Crippen molar-refractivity contribution in [2.45, 2.75) is 71.8 Å². The van der Waals surface area contributed by atoms with Crippen molar-refractivity contribution < 1.29 is 110 Å². The van der Waals surface area contributed by atoms with Crippen LogP contribution >= 0.6 is 0 Å². The van der Waals surface area contributed by atoms with Gasteiger partial charge in [0, 0.05) is 0 Å². The van der Waals surface area contributed by atoms with Gasteiger partial charge >= 0.3 is 71.8 Å². The maximum atomic E-state index is 13.4. The van der Waals surface area contributed by atoms with Gasteiger partial charge in [0.2, 0.25) is 0 Å². The second-order valence-electron chi connectivity index (χ2n) is 6.60. The number of rotatable bonds is 9. The lowest BCUT2D eigenvalue weighted by molar-refractivity contribution is -0.482. The zero-order chi connectivity index (χ0) is 31.1. The molecule has 0 N–H and O–H groups in total. The quantitative estimate of drug-likeness (QED) is 0.229. The average Bonchev–Trinajstić information content (AvgIpc) is 2.63. The lowest BCUT2D eigenvalue weighted by Gasteiger charge is -2.46. The fourth-order valence-corrected chi connectivity index (χ4v) is 2.07. The Labute approximate surface area is 183 Å². The molecule has 0 radical (unpaired) electrons. The first-order chi connectivity index (χ1) is 15.4. The first-order valence-corrected chi connectivity index (χ1v) is 7.57. The molecule has 0 bridgehead atoms. The standard InChI is InChI=1S/C12HF25/c13-1(14)2(15,16)4(18,19)6(22,23)8(26,27)10(30,31)9(28,29)7(24,25)5(20,21)3(17,11(32,33)34)12(35,36)37/h1H. The highest BCUT2D eigenvalue weighted by molar-refractivity contribution is 5.20. The van der Waals surface area contributed by atoms with Crippen molar-refractivity contribution in [3.05, 3.63) is 0 Å². The number of hydrogen-bond donors (Lipinski definition) is 0. The van der Waals surface area contributed by atoms with Crippen LogP contribution < -0.4 is 0 Å². The minimum absolute atomic E-state index is 6.28. The summed E-state index contributed by atoms with van der Waals surface area (Å²) in [7, 11) is 0. The predicted molar refractivity (Wildman–Crippen MR) is 61.5 cm³/mol. The lowest BCUT2D eigenvalue weighted by Crippen LogP contribution is -2.79. The summed E-state index contributed by atoms with van der Waals surface area (Å²) in [6, 6.07) is 0. The van der Waals surface area contributed by atoms with Crippen LogP contribution in [0.15, 0.2) is 0 Å². The molecular formula is C12HF25. The van der Waals surface area contributed by atoms with Crippen molar-refractivity contribution in [2.24, 2.45) is 0 Å². The predicted octanol–water partition coefficient (Wildman–Crippen LogP) is 8.17. The van der Waals surface area contributed by atoms with Crippen molar-refractivity contribution in [1.29, 1.82) is 0 Å². The summed E-state index contributed by atoms with van der Waals surface area (Å²) in [5.74, 6) is -73.4. The van der Waals surface area contributed by atoms with Crippen LogP contribution in [-0.4, -0.2) is 71.8 Å². The van der Waals surface area contributed by atoms with Crippen LogP contribution in [0.1, 0.15) is 0 Å². The summed E-state index contributed by atoms with van der Waals surface area (Å²) < 4.78 is 321. The van der Waals surface area contributed by atoms with Gasteiger partial charge < -0.3 is 0 Å². The van der Waals surface area contributed by atoms with Crippen molar-refractivity contribution in [2.75, 3.05) is 0 Å². The summed E-state index contributed by atoms with van der Waals surface area (Å²) in [4.78, 5) is 0. The largest absolute Gasteiger partial charge is 0.438 e. The van der Waals surface area contributed by atoms with Crippen LogP contribution in [0.3, 0.4) is 0 Å². The van der Waals surface area contributed by atoms with E-state index < -0.39 is 71.8 Å². The molecule has 0 aliphatic rings. The first-order valence-electron chi connectivity index (χ1n) is 7.57. The van der Waals surface area contributed by atoms with E-state index in [2.05, 4.69) is 0 Å². The van der Waals surface area contributed by atoms with E-state index in [4.69, 9.17) is 0 Å². The second kappa shape index (κ2) is 8.37. The van der Waals surface area contributed by atoms with Gasteiger partial charge in [-0.25, -0.2) is 13.2 Å². The number of hydrogen-bond acceptors (Lipinski definition) is 0. The van der Waals surface area contributed by atoms with Gasteiger partial charge in [-0.2, -0.15) is 96.6 Å². The molecular weight excluding hydrogens is 619 g/mol. The normalized spacial score (nSPS) is 17.0. The van der Waals surface area contributed by atoms with E-state index in [0.717, 1.165) is 0 Å². The van der Waals surface area contributed by atoms with Crippen LogP contribution in [-0.2, 0) is 0 Å². The van der Waals surface area contributed by atoms with Crippen LogP contribution in [0.4, 0.5) is 110 Å². The maximum Gasteiger partial charge on any atom is 0.438 e. The third-order valence-corrected chi connectivity index (χ3v) is 4.27. The van der Waals surface area contributed by atoms with Gasteiger partial charge in [-0.15, -0.1) is 0 Å². The number of alkyl halides is 25. The molecule has 0 saturated carbocycles. The molecule has 0 fully saturated rings. The van der Waals surface area contributed by atoms with Gasteiger partial charge in [0.1, 0.15) is 0 Å². The Hall–Kier alpha value is -1.75. The fourth-order valence-electron chi connectivity index (χ4n) is 2.07. The zero-order valence-electron chi connectivity index (χ0n) is 15.5. The van der Waals surface area contributed by atoms with Crippen LogP contribution in [0.25, 0.3) is 0 Å². The van der Waals surface area contributed by atoms with Crippen molar-refractivity contribution >= 4 is 0 Å². The minimum atomic E-state index is -9.61. The molecule has 0 nitrogen and oxygen atoms in total. The lowest BCUT2D eigenvalue weighted by atomic mass is 9.82. The Morgan fingerprint density at radius 2 is 0.459 bits per heavy atom. The molecule has 0 rings (SSSR count). The maximum absolute atomic E-state index is 13.4. The molecule has 0 atom stereocenters. The van der Waals surface area contributed by atoms with Gasteiger partial charge in [0.05, 0.1) is 0 Å². The average molecular weight is 620 g/mol. The van der Waals surface area contributed by atoms with Crippen molar-refractivity contribution in [1.82, 2.24) is 0 Å². The molecule has 0 aromatic rings. The zero-order valence-corrected chi connectivity index (χ0v) is 15.5. The molecule has 0 heterocycles. The van der Waals surface area contributed by atoms with E-state index in [1.807, 2.05) is 0 Å². The molecule has 0 spiro atoms. The highest BCUT2D eigenvalue weighted by atomic mass is 19.4. The molecule has 224 valence electrons. The van der Waals surface area contributed by atoms with E-state index in [9.17, 15) is 110 Å². The number of halogens is 25. The van der Waals surface area contributed by atoms with Crippen LogP contribution in [0, 0.1) is 0 Å². The highest BCUT2D eigenvalue weighted by Crippen LogP contribution is 2.67. The molecule has 0 amide bonds. The summed E-state index contributed by atoms with van der Waals surface area (Å²) in [5, 5.41) is 0. The minimum Gasteiger partial charge on any atom is -0.216 e. The second-order valence-corrected chi connectivity index (χ2v) is 6.60. The highest BCUT2D eigenvalue weighted by Gasteiger charge is 3.00. The van der Waals surface area contributed by atoms with Crippen LogP contribution in [0.2, 0.25) is 0 Å². The monoisotopic (exact) mass is 620 g/mol. The SMILES string of the molecule is FC(F)C(F)(F)C(F)(F)C(F)(F)C(F)(F)C(F)(F)C(F)(F)C(F)(F)C(F)(F)C(F)(C(F)(F)F)C(F)(F)F. The fraction of sp³-hybridized carbons (Fsp3) is 1.00. The summed E-state index contributed by atoms with van der Waals surface area (Å²) >= 11 is 0. The summed E-state index contributed by atoms with van der Waals surface area (Å²) in [5.41, 5.74) is -9.10.